The Bertz CT molecular complexity index is 709. The summed E-state index contributed by atoms with van der Waals surface area (Å²) in [7, 11) is 0. The summed E-state index contributed by atoms with van der Waals surface area (Å²) in [6.07, 6.45) is 2.18. The van der Waals surface area contributed by atoms with E-state index in [0.717, 1.165) is 12.8 Å². The largest absolute Gasteiger partial charge is 0.323 e. The Morgan fingerprint density at radius 2 is 1.80 bits per heavy atom. The molecule has 1 aromatic heterocycles. The molecule has 0 amide bonds. The number of hydrogen-bond donors (Lipinski definition) is 1. The second-order valence-electron chi connectivity index (χ2n) is 5.12. The maximum absolute atomic E-state index is 6.22. The van der Waals surface area contributed by atoms with Crippen molar-refractivity contribution < 1.29 is 0 Å². The van der Waals surface area contributed by atoms with Gasteiger partial charge in [0.15, 0.2) is 0 Å². The summed E-state index contributed by atoms with van der Waals surface area (Å²) < 4.78 is 0. The highest BCUT2D eigenvalue weighted by molar-refractivity contribution is 7.15. The van der Waals surface area contributed by atoms with Gasteiger partial charge in [-0.2, -0.15) is 0 Å². The van der Waals surface area contributed by atoms with Gasteiger partial charge in [-0.3, -0.25) is 0 Å². The number of benzene rings is 2. The first-order chi connectivity index (χ1) is 9.79. The Hall–Kier alpha value is -1.64. The molecular formula is C18H19NS. The summed E-state index contributed by atoms with van der Waals surface area (Å²) in [5, 5.41) is 2.60. The average molecular weight is 281 g/mol. The molecule has 3 aromatic rings. The van der Waals surface area contributed by atoms with Crippen LogP contribution < -0.4 is 5.73 Å². The summed E-state index contributed by atoms with van der Waals surface area (Å²) in [5.74, 6) is 0. The van der Waals surface area contributed by atoms with Gasteiger partial charge in [0, 0.05) is 15.8 Å². The lowest BCUT2D eigenvalue weighted by atomic mass is 10.0. The molecule has 3 rings (SSSR count). The number of rotatable bonds is 4. The fourth-order valence-corrected chi connectivity index (χ4v) is 3.67. The molecule has 2 heteroatoms. The van der Waals surface area contributed by atoms with Crippen LogP contribution >= 0.6 is 11.3 Å². The predicted molar refractivity (Wildman–Crippen MR) is 89.1 cm³/mol. The molecular weight excluding hydrogens is 262 g/mol. The van der Waals surface area contributed by atoms with Gasteiger partial charge in [-0.15, -0.1) is 11.3 Å². The van der Waals surface area contributed by atoms with Crippen LogP contribution in [0, 0.1) is 0 Å². The highest BCUT2D eigenvalue weighted by Crippen LogP contribution is 2.35. The Labute approximate surface area is 124 Å². The topological polar surface area (TPSA) is 26.0 Å². The van der Waals surface area contributed by atoms with Gasteiger partial charge in [-0.1, -0.05) is 55.8 Å². The van der Waals surface area contributed by atoms with Crippen LogP contribution in [0.4, 0.5) is 0 Å². The third kappa shape index (κ3) is 2.49. The molecule has 0 saturated heterocycles. The van der Waals surface area contributed by atoms with Crippen molar-refractivity contribution in [2.24, 2.45) is 5.73 Å². The quantitative estimate of drug-likeness (QED) is 0.683. The Kier molecular flexibility index (Phi) is 3.86. The van der Waals surface area contributed by atoms with Crippen LogP contribution in [0.1, 0.15) is 30.7 Å². The molecule has 102 valence electrons. The number of nitrogens with two attached hydrogens (primary N) is 1. The third-order valence-electron chi connectivity index (χ3n) is 3.65. The SMILES string of the molecule is CCCC(N)c1ccc(-c2cccc3ccccc23)s1. The van der Waals surface area contributed by atoms with E-state index in [9.17, 15) is 0 Å². The molecule has 1 heterocycles. The average Bonchev–Trinajstić information content (AvgIpc) is 2.97. The maximum Gasteiger partial charge on any atom is 0.0389 e. The molecule has 0 aliphatic carbocycles. The standard InChI is InChI=1S/C18H19NS/c1-2-6-16(19)18-12-11-17(20-18)15-10-5-8-13-7-3-4-9-14(13)15/h3-5,7-12,16H,2,6,19H2,1H3. The molecule has 0 fully saturated rings. The van der Waals surface area contributed by atoms with E-state index in [1.807, 2.05) is 11.3 Å². The number of thiophene rings is 1. The van der Waals surface area contributed by atoms with Crippen molar-refractivity contribution in [2.75, 3.05) is 0 Å². The molecule has 2 N–H and O–H groups in total. The predicted octanol–water partition coefficient (Wildman–Crippen LogP) is 5.37. The zero-order valence-electron chi connectivity index (χ0n) is 11.7. The highest BCUT2D eigenvalue weighted by Gasteiger charge is 2.10. The van der Waals surface area contributed by atoms with Gasteiger partial charge in [0.25, 0.3) is 0 Å². The molecule has 1 nitrogen and oxygen atoms in total. The minimum Gasteiger partial charge on any atom is -0.323 e. The summed E-state index contributed by atoms with van der Waals surface area (Å²) in [6.45, 7) is 2.18. The smallest absolute Gasteiger partial charge is 0.0389 e. The second-order valence-corrected chi connectivity index (χ2v) is 6.24. The minimum absolute atomic E-state index is 0.175. The van der Waals surface area contributed by atoms with E-state index in [4.69, 9.17) is 5.73 Å². The van der Waals surface area contributed by atoms with Crippen LogP contribution in [0.15, 0.2) is 54.6 Å². The minimum atomic E-state index is 0.175. The fraction of sp³-hybridized carbons (Fsp3) is 0.222. The van der Waals surface area contributed by atoms with E-state index in [1.54, 1.807) is 0 Å². The molecule has 0 radical (unpaired) electrons. The van der Waals surface area contributed by atoms with E-state index in [1.165, 1.54) is 26.1 Å². The van der Waals surface area contributed by atoms with Crippen LogP contribution in [0.2, 0.25) is 0 Å². The molecule has 0 aliphatic rings. The molecule has 0 spiro atoms. The molecule has 1 unspecified atom stereocenters. The van der Waals surface area contributed by atoms with Crippen molar-refractivity contribution in [1.29, 1.82) is 0 Å². The van der Waals surface area contributed by atoms with Crippen molar-refractivity contribution in [1.82, 2.24) is 0 Å². The second kappa shape index (κ2) is 5.78. The van der Waals surface area contributed by atoms with Crippen molar-refractivity contribution in [2.45, 2.75) is 25.8 Å². The lowest BCUT2D eigenvalue weighted by molar-refractivity contribution is 0.648. The Morgan fingerprint density at radius 1 is 1.00 bits per heavy atom. The van der Waals surface area contributed by atoms with E-state index < -0.39 is 0 Å². The van der Waals surface area contributed by atoms with Crippen LogP contribution in [0.25, 0.3) is 21.2 Å². The van der Waals surface area contributed by atoms with Gasteiger partial charge >= 0.3 is 0 Å². The van der Waals surface area contributed by atoms with Crippen LogP contribution in [0.3, 0.4) is 0 Å². The molecule has 2 aromatic carbocycles. The van der Waals surface area contributed by atoms with Crippen LogP contribution in [0.5, 0.6) is 0 Å². The first-order valence-electron chi connectivity index (χ1n) is 7.13. The van der Waals surface area contributed by atoms with Gasteiger partial charge in [0.1, 0.15) is 0 Å². The molecule has 1 atom stereocenters. The van der Waals surface area contributed by atoms with E-state index >= 15 is 0 Å². The van der Waals surface area contributed by atoms with Crippen molar-refractivity contribution >= 4 is 22.1 Å². The summed E-state index contributed by atoms with van der Waals surface area (Å²) in [5.41, 5.74) is 7.53. The summed E-state index contributed by atoms with van der Waals surface area (Å²) in [6, 6.07) is 19.6. The van der Waals surface area contributed by atoms with E-state index in [2.05, 4.69) is 61.5 Å². The first kappa shape index (κ1) is 13.3. The number of fused-ring (bicyclic) bond motifs is 1. The van der Waals surface area contributed by atoms with E-state index in [0.29, 0.717) is 0 Å². The Morgan fingerprint density at radius 3 is 2.65 bits per heavy atom. The van der Waals surface area contributed by atoms with Crippen molar-refractivity contribution in [3.05, 3.63) is 59.5 Å². The van der Waals surface area contributed by atoms with Gasteiger partial charge in [-0.05, 0) is 34.9 Å². The fourth-order valence-electron chi connectivity index (χ4n) is 2.59. The van der Waals surface area contributed by atoms with Crippen molar-refractivity contribution in [3.8, 4) is 10.4 Å². The molecule has 0 aliphatic heterocycles. The summed E-state index contributed by atoms with van der Waals surface area (Å²) in [4.78, 5) is 2.60. The monoisotopic (exact) mass is 281 g/mol. The third-order valence-corrected chi connectivity index (χ3v) is 4.90. The Balaban J connectivity index is 2.03. The highest BCUT2D eigenvalue weighted by atomic mass is 32.1. The molecule has 0 saturated carbocycles. The summed E-state index contributed by atoms with van der Waals surface area (Å²) >= 11 is 1.82. The normalized spacial score (nSPS) is 12.7. The zero-order chi connectivity index (χ0) is 13.9. The van der Waals surface area contributed by atoms with Gasteiger partial charge in [0.05, 0.1) is 0 Å². The molecule has 20 heavy (non-hydrogen) atoms. The lowest BCUT2D eigenvalue weighted by Crippen LogP contribution is -2.07. The first-order valence-corrected chi connectivity index (χ1v) is 7.94. The van der Waals surface area contributed by atoms with Gasteiger partial charge in [-0.25, -0.2) is 0 Å². The van der Waals surface area contributed by atoms with Crippen LogP contribution in [-0.4, -0.2) is 0 Å². The van der Waals surface area contributed by atoms with Gasteiger partial charge < -0.3 is 5.73 Å². The van der Waals surface area contributed by atoms with Gasteiger partial charge in [0.2, 0.25) is 0 Å². The zero-order valence-corrected chi connectivity index (χ0v) is 12.5. The number of hydrogen-bond acceptors (Lipinski definition) is 2. The molecule has 0 bridgehead atoms. The van der Waals surface area contributed by atoms with Crippen LogP contribution in [-0.2, 0) is 0 Å². The van der Waals surface area contributed by atoms with Crippen molar-refractivity contribution in [3.63, 3.8) is 0 Å². The lowest BCUT2D eigenvalue weighted by Gasteiger charge is -2.07. The maximum atomic E-state index is 6.22. The van der Waals surface area contributed by atoms with E-state index in [-0.39, 0.29) is 6.04 Å².